The Morgan fingerprint density at radius 3 is 2.48 bits per heavy atom. The first-order chi connectivity index (χ1) is 14.8. The maximum atomic E-state index is 12.4. The maximum absolute atomic E-state index is 12.4. The smallest absolute Gasteiger partial charge is 0.334 e. The summed E-state index contributed by atoms with van der Waals surface area (Å²) in [4.78, 5) is 11.0. The third-order valence-electron chi connectivity index (χ3n) is 6.11. The van der Waals surface area contributed by atoms with E-state index >= 15 is 0 Å². The Balaban J connectivity index is 1.80. The molecular weight excluding hydrogens is 412 g/mol. The summed E-state index contributed by atoms with van der Waals surface area (Å²) >= 11 is 0. The molecule has 6 nitrogen and oxygen atoms in total. The van der Waals surface area contributed by atoms with Gasteiger partial charge in [-0.15, -0.1) is 0 Å². The van der Waals surface area contributed by atoms with E-state index in [2.05, 4.69) is 22.5 Å². The van der Waals surface area contributed by atoms with Gasteiger partial charge in [-0.1, -0.05) is 68.5 Å². The van der Waals surface area contributed by atoms with Crippen LogP contribution in [-0.4, -0.2) is 20.6 Å². The van der Waals surface area contributed by atoms with Crippen LogP contribution in [0.5, 0.6) is 0 Å². The molecule has 0 aliphatic heterocycles. The second kappa shape index (κ2) is 10.3. The Morgan fingerprint density at radius 1 is 1.10 bits per heavy atom. The molecular formula is C24H32N2O4S. The molecule has 168 valence electrons. The average molecular weight is 445 g/mol. The molecule has 1 amide bonds. The van der Waals surface area contributed by atoms with Gasteiger partial charge in [0, 0.05) is 12.6 Å². The first kappa shape index (κ1) is 23.3. The van der Waals surface area contributed by atoms with E-state index in [0.717, 1.165) is 22.6 Å². The van der Waals surface area contributed by atoms with Gasteiger partial charge in [0.1, 0.15) is 4.90 Å². The highest BCUT2D eigenvalue weighted by Crippen LogP contribution is 2.32. The zero-order valence-corrected chi connectivity index (χ0v) is 19.1. The number of hydrogen-bond acceptors (Lipinski definition) is 5. The quantitative estimate of drug-likeness (QED) is 0.565. The van der Waals surface area contributed by atoms with Gasteiger partial charge in [0.25, 0.3) is 0 Å². The van der Waals surface area contributed by atoms with E-state index in [-0.39, 0.29) is 4.90 Å². The summed E-state index contributed by atoms with van der Waals surface area (Å²) in [6.45, 7) is 4.64. The van der Waals surface area contributed by atoms with Crippen molar-refractivity contribution in [3.63, 3.8) is 0 Å². The van der Waals surface area contributed by atoms with E-state index in [1.54, 1.807) is 13.0 Å². The fourth-order valence-electron chi connectivity index (χ4n) is 4.56. The third-order valence-corrected chi connectivity index (χ3v) is 7.47. The first-order valence-corrected chi connectivity index (χ1v) is 12.3. The second-order valence-electron chi connectivity index (χ2n) is 8.46. The number of primary amides is 1. The molecule has 0 spiro atoms. The van der Waals surface area contributed by atoms with Crippen LogP contribution in [0.4, 0.5) is 4.79 Å². The lowest BCUT2D eigenvalue weighted by atomic mass is 9.85. The Labute approximate surface area is 185 Å². The van der Waals surface area contributed by atoms with Gasteiger partial charge >= 0.3 is 16.2 Å². The Morgan fingerprint density at radius 2 is 1.77 bits per heavy atom. The van der Waals surface area contributed by atoms with Crippen LogP contribution in [0.2, 0.25) is 0 Å². The fourth-order valence-corrected chi connectivity index (χ4v) is 5.59. The number of carbonyl (C=O) groups excluding carboxylic acids is 1. The van der Waals surface area contributed by atoms with Crippen LogP contribution < -0.4 is 11.1 Å². The summed E-state index contributed by atoms with van der Waals surface area (Å²) in [6, 6.07) is 13.3. The minimum absolute atomic E-state index is 0.0581. The van der Waals surface area contributed by atoms with Crippen molar-refractivity contribution in [3.05, 3.63) is 53.6 Å². The van der Waals surface area contributed by atoms with E-state index in [9.17, 15) is 13.2 Å². The topological polar surface area (TPSA) is 98.5 Å². The molecule has 2 aromatic rings. The van der Waals surface area contributed by atoms with Crippen molar-refractivity contribution in [3.8, 4) is 11.1 Å². The van der Waals surface area contributed by atoms with Crippen molar-refractivity contribution < 1.29 is 17.4 Å². The third kappa shape index (κ3) is 6.08. The van der Waals surface area contributed by atoms with Crippen LogP contribution in [0.1, 0.15) is 56.6 Å². The Kier molecular flexibility index (Phi) is 7.73. The highest BCUT2D eigenvalue weighted by molar-refractivity contribution is 7.87. The van der Waals surface area contributed by atoms with Crippen LogP contribution in [0.25, 0.3) is 11.1 Å². The maximum Gasteiger partial charge on any atom is 0.420 e. The second-order valence-corrected chi connectivity index (χ2v) is 9.98. The number of rotatable bonds is 8. The first-order valence-electron chi connectivity index (χ1n) is 10.9. The molecule has 0 bridgehead atoms. The number of carbonyl (C=O) groups is 1. The molecule has 0 unspecified atom stereocenters. The predicted molar refractivity (Wildman–Crippen MR) is 122 cm³/mol. The van der Waals surface area contributed by atoms with Crippen molar-refractivity contribution >= 4 is 16.2 Å². The predicted octanol–water partition coefficient (Wildman–Crippen LogP) is 4.89. The molecule has 1 aliphatic rings. The van der Waals surface area contributed by atoms with Crippen molar-refractivity contribution in [1.82, 2.24) is 5.32 Å². The van der Waals surface area contributed by atoms with Gasteiger partial charge in [0.2, 0.25) is 0 Å². The molecule has 3 N–H and O–H groups in total. The molecule has 1 aliphatic carbocycles. The summed E-state index contributed by atoms with van der Waals surface area (Å²) in [5.41, 5.74) is 8.27. The largest absolute Gasteiger partial charge is 0.420 e. The molecule has 3 rings (SSSR count). The summed E-state index contributed by atoms with van der Waals surface area (Å²) in [6.07, 6.45) is 6.55. The lowest BCUT2D eigenvalue weighted by molar-refractivity contribution is 0.212. The summed E-state index contributed by atoms with van der Waals surface area (Å²) in [7, 11) is -4.27. The SMILES string of the molecule is Cc1c(-c2ccccc2CN[C@@H](C)CC2CCCCC2)cccc1S(=O)(=O)OC(N)=O. The van der Waals surface area contributed by atoms with Gasteiger partial charge in [-0.2, -0.15) is 8.42 Å². The highest BCUT2D eigenvalue weighted by Gasteiger charge is 2.23. The van der Waals surface area contributed by atoms with E-state index in [4.69, 9.17) is 5.73 Å². The lowest BCUT2D eigenvalue weighted by Crippen LogP contribution is -2.28. The van der Waals surface area contributed by atoms with E-state index < -0.39 is 16.2 Å². The van der Waals surface area contributed by atoms with Crippen LogP contribution in [0.15, 0.2) is 47.4 Å². The average Bonchev–Trinajstić information content (AvgIpc) is 2.72. The highest BCUT2D eigenvalue weighted by atomic mass is 32.2. The molecule has 1 saturated carbocycles. The van der Waals surface area contributed by atoms with Gasteiger partial charge in [-0.05, 0) is 54.5 Å². The molecule has 0 saturated heterocycles. The molecule has 0 heterocycles. The fraction of sp³-hybridized carbons (Fsp3) is 0.458. The molecule has 7 heteroatoms. The number of nitrogens with two attached hydrogens (primary N) is 1. The van der Waals surface area contributed by atoms with Crippen LogP contribution in [-0.2, 0) is 20.8 Å². The normalized spacial score (nSPS) is 16.1. The minimum atomic E-state index is -4.27. The Bertz CT molecular complexity index is 1010. The molecule has 2 aromatic carbocycles. The number of hydrogen-bond donors (Lipinski definition) is 2. The summed E-state index contributed by atoms with van der Waals surface area (Å²) in [5, 5.41) is 3.64. The molecule has 0 aromatic heterocycles. The molecule has 31 heavy (non-hydrogen) atoms. The molecule has 0 radical (unpaired) electrons. The standard InChI is InChI=1S/C24H32N2O4S/c1-17(15-19-9-4-3-5-10-19)26-16-20-11-6-7-12-22(20)21-13-8-14-23(18(21)2)31(28,29)30-24(25)27/h6-8,11-14,17,19,26H,3-5,9-10,15-16H2,1-2H3,(H2,25,27)/t17-/m0/s1. The van der Waals surface area contributed by atoms with Crippen LogP contribution in [0.3, 0.4) is 0 Å². The zero-order chi connectivity index (χ0) is 22.4. The zero-order valence-electron chi connectivity index (χ0n) is 18.3. The van der Waals surface area contributed by atoms with Crippen LogP contribution >= 0.6 is 0 Å². The van der Waals surface area contributed by atoms with E-state index in [0.29, 0.717) is 18.2 Å². The van der Waals surface area contributed by atoms with Gasteiger partial charge in [-0.3, -0.25) is 0 Å². The van der Waals surface area contributed by atoms with Crippen molar-refractivity contribution in [2.45, 2.75) is 69.9 Å². The Hall–Kier alpha value is -2.38. The summed E-state index contributed by atoms with van der Waals surface area (Å²) < 4.78 is 29.2. The molecule has 1 atom stereocenters. The number of amides is 1. The minimum Gasteiger partial charge on any atom is -0.334 e. The van der Waals surface area contributed by atoms with Crippen molar-refractivity contribution in [1.29, 1.82) is 0 Å². The lowest BCUT2D eigenvalue weighted by Gasteiger charge is -2.25. The number of nitrogens with one attached hydrogen (secondary N) is 1. The summed E-state index contributed by atoms with van der Waals surface area (Å²) in [5.74, 6) is 0.806. The monoisotopic (exact) mass is 444 g/mol. The van der Waals surface area contributed by atoms with E-state index in [1.807, 2.05) is 24.3 Å². The van der Waals surface area contributed by atoms with E-state index in [1.165, 1.54) is 44.6 Å². The van der Waals surface area contributed by atoms with Crippen molar-refractivity contribution in [2.24, 2.45) is 11.7 Å². The molecule has 1 fully saturated rings. The van der Waals surface area contributed by atoms with Gasteiger partial charge < -0.3 is 15.2 Å². The van der Waals surface area contributed by atoms with Gasteiger partial charge in [-0.25, -0.2) is 4.79 Å². The number of benzene rings is 2. The van der Waals surface area contributed by atoms with Gasteiger partial charge in [0.05, 0.1) is 0 Å². The van der Waals surface area contributed by atoms with Crippen LogP contribution in [0, 0.1) is 12.8 Å². The van der Waals surface area contributed by atoms with Crippen molar-refractivity contribution in [2.75, 3.05) is 0 Å². The van der Waals surface area contributed by atoms with Gasteiger partial charge in [0.15, 0.2) is 0 Å².